The molecule has 6 heteroatoms. The first-order chi connectivity index (χ1) is 11.5. The van der Waals surface area contributed by atoms with Crippen LogP contribution in [0.4, 0.5) is 11.4 Å². The number of carbonyl (C=O) groups excluding carboxylic acids is 2. The van der Waals surface area contributed by atoms with Crippen molar-refractivity contribution in [2.75, 3.05) is 36.9 Å². The number of hydrogen-bond acceptors (Lipinski definition) is 4. The molecule has 1 aromatic carbocycles. The highest BCUT2D eigenvalue weighted by Gasteiger charge is 2.25. The van der Waals surface area contributed by atoms with E-state index in [1.165, 1.54) is 6.92 Å². The van der Waals surface area contributed by atoms with Gasteiger partial charge in [-0.25, -0.2) is 0 Å². The Hall–Kier alpha value is -1.92. The van der Waals surface area contributed by atoms with Crippen molar-refractivity contribution in [3.63, 3.8) is 0 Å². The molecule has 6 nitrogen and oxygen atoms in total. The van der Waals surface area contributed by atoms with Crippen molar-refractivity contribution in [1.29, 1.82) is 0 Å². The van der Waals surface area contributed by atoms with Crippen molar-refractivity contribution < 1.29 is 14.3 Å². The fourth-order valence-electron chi connectivity index (χ4n) is 2.92. The number of ether oxygens (including phenoxy) is 1. The van der Waals surface area contributed by atoms with Crippen molar-refractivity contribution in [2.45, 2.75) is 33.2 Å². The maximum Gasteiger partial charge on any atom is 0.238 e. The van der Waals surface area contributed by atoms with Crippen molar-refractivity contribution >= 4 is 23.2 Å². The molecule has 1 aliphatic rings. The molecule has 1 fully saturated rings. The van der Waals surface area contributed by atoms with Crippen molar-refractivity contribution in [1.82, 2.24) is 4.90 Å². The Kier molecular flexibility index (Phi) is 6.75. The SMILES string of the molecule is CC(=O)Nc1ccccc1NC(=O)CN1CCOC[C@@H]1CC(C)C. The van der Waals surface area contributed by atoms with Crippen LogP contribution in [0.15, 0.2) is 24.3 Å². The monoisotopic (exact) mass is 333 g/mol. The van der Waals surface area contributed by atoms with Crippen LogP contribution in [0.1, 0.15) is 27.2 Å². The molecule has 2 amide bonds. The van der Waals surface area contributed by atoms with Gasteiger partial charge in [0.1, 0.15) is 0 Å². The third-order valence-corrected chi connectivity index (χ3v) is 3.95. The van der Waals surface area contributed by atoms with Crippen LogP contribution in [0.2, 0.25) is 0 Å². The molecule has 0 saturated carbocycles. The lowest BCUT2D eigenvalue weighted by molar-refractivity contribution is -0.120. The lowest BCUT2D eigenvalue weighted by Gasteiger charge is -2.36. The van der Waals surface area contributed by atoms with E-state index in [1.807, 2.05) is 12.1 Å². The van der Waals surface area contributed by atoms with E-state index in [9.17, 15) is 9.59 Å². The summed E-state index contributed by atoms with van der Waals surface area (Å²) >= 11 is 0. The Balaban J connectivity index is 1.98. The zero-order chi connectivity index (χ0) is 17.5. The highest BCUT2D eigenvalue weighted by molar-refractivity contribution is 5.99. The minimum Gasteiger partial charge on any atom is -0.378 e. The van der Waals surface area contributed by atoms with Gasteiger partial charge >= 0.3 is 0 Å². The molecule has 0 aromatic heterocycles. The molecule has 0 radical (unpaired) electrons. The first-order valence-corrected chi connectivity index (χ1v) is 8.44. The Morgan fingerprint density at radius 3 is 2.54 bits per heavy atom. The van der Waals surface area contributed by atoms with E-state index in [-0.39, 0.29) is 17.9 Å². The van der Waals surface area contributed by atoms with E-state index in [0.29, 0.717) is 37.1 Å². The van der Waals surface area contributed by atoms with E-state index < -0.39 is 0 Å². The largest absolute Gasteiger partial charge is 0.378 e. The molecule has 0 aliphatic carbocycles. The summed E-state index contributed by atoms with van der Waals surface area (Å²) < 4.78 is 5.56. The fourth-order valence-corrected chi connectivity index (χ4v) is 2.92. The average Bonchev–Trinajstić information content (AvgIpc) is 2.50. The smallest absolute Gasteiger partial charge is 0.238 e. The molecular formula is C18H27N3O3. The zero-order valence-electron chi connectivity index (χ0n) is 14.7. The second-order valence-electron chi connectivity index (χ2n) is 6.60. The Labute approximate surface area is 143 Å². The van der Waals surface area contributed by atoms with Gasteiger partial charge < -0.3 is 15.4 Å². The second-order valence-corrected chi connectivity index (χ2v) is 6.60. The molecule has 0 unspecified atom stereocenters. The number of carbonyl (C=O) groups is 2. The van der Waals surface area contributed by atoms with Crippen molar-refractivity contribution in [3.05, 3.63) is 24.3 Å². The van der Waals surface area contributed by atoms with Gasteiger partial charge in [0.05, 0.1) is 31.1 Å². The molecule has 2 N–H and O–H groups in total. The fraction of sp³-hybridized carbons (Fsp3) is 0.556. The number of para-hydroxylation sites is 2. The topological polar surface area (TPSA) is 70.7 Å². The minimum atomic E-state index is -0.165. The molecule has 1 atom stereocenters. The summed E-state index contributed by atoms with van der Waals surface area (Å²) in [4.78, 5) is 25.9. The van der Waals surface area contributed by atoms with Crippen LogP contribution < -0.4 is 10.6 Å². The summed E-state index contributed by atoms with van der Waals surface area (Å²) in [6, 6.07) is 7.48. The minimum absolute atomic E-state index is 0.0801. The first kappa shape index (κ1) is 18.4. The highest BCUT2D eigenvalue weighted by Crippen LogP contribution is 2.21. The summed E-state index contributed by atoms with van der Waals surface area (Å²) in [5, 5.41) is 5.63. The standard InChI is InChI=1S/C18H27N3O3/c1-13(2)10-15-12-24-9-8-21(15)11-18(23)20-17-7-5-4-6-16(17)19-14(3)22/h4-7,13,15H,8-12H2,1-3H3,(H,19,22)(H,20,23)/t15-/m0/s1. The summed E-state index contributed by atoms with van der Waals surface area (Å²) in [7, 11) is 0. The Morgan fingerprint density at radius 1 is 1.25 bits per heavy atom. The maximum atomic E-state index is 12.4. The number of morpholine rings is 1. The molecular weight excluding hydrogens is 306 g/mol. The van der Waals surface area contributed by atoms with E-state index in [4.69, 9.17) is 4.74 Å². The van der Waals surface area contributed by atoms with Crippen LogP contribution in [0.3, 0.4) is 0 Å². The predicted molar refractivity (Wildman–Crippen MR) is 95.0 cm³/mol. The molecule has 1 saturated heterocycles. The van der Waals surface area contributed by atoms with Gasteiger partial charge in [0.25, 0.3) is 0 Å². The third-order valence-electron chi connectivity index (χ3n) is 3.95. The zero-order valence-corrected chi connectivity index (χ0v) is 14.7. The third kappa shape index (κ3) is 5.62. The molecule has 1 aromatic rings. The van der Waals surface area contributed by atoms with Crippen LogP contribution in [0, 0.1) is 5.92 Å². The predicted octanol–water partition coefficient (Wildman–Crippen LogP) is 2.33. The highest BCUT2D eigenvalue weighted by atomic mass is 16.5. The number of nitrogens with one attached hydrogen (secondary N) is 2. The van der Waals surface area contributed by atoms with Crippen molar-refractivity contribution in [3.8, 4) is 0 Å². The van der Waals surface area contributed by atoms with Gasteiger partial charge in [-0.05, 0) is 24.5 Å². The number of amides is 2. The number of benzene rings is 1. The number of hydrogen-bond donors (Lipinski definition) is 2. The molecule has 1 heterocycles. The number of nitrogens with zero attached hydrogens (tertiary/aromatic N) is 1. The lowest BCUT2D eigenvalue weighted by atomic mass is 10.0. The van der Waals surface area contributed by atoms with Gasteiger partial charge in [0, 0.05) is 19.5 Å². The lowest BCUT2D eigenvalue weighted by Crippen LogP contribution is -2.49. The van der Waals surface area contributed by atoms with Gasteiger partial charge in [0.15, 0.2) is 0 Å². The van der Waals surface area contributed by atoms with Crippen molar-refractivity contribution in [2.24, 2.45) is 5.92 Å². The molecule has 132 valence electrons. The number of rotatable bonds is 6. The normalized spacial score (nSPS) is 18.4. The molecule has 24 heavy (non-hydrogen) atoms. The number of anilines is 2. The quantitative estimate of drug-likeness (QED) is 0.838. The van der Waals surface area contributed by atoms with Gasteiger partial charge in [-0.1, -0.05) is 26.0 Å². The summed E-state index contributed by atoms with van der Waals surface area (Å²) in [6.07, 6.45) is 1.01. The van der Waals surface area contributed by atoms with Gasteiger partial charge in [-0.15, -0.1) is 0 Å². The molecule has 1 aliphatic heterocycles. The first-order valence-electron chi connectivity index (χ1n) is 8.44. The van der Waals surface area contributed by atoms with Gasteiger partial charge in [0.2, 0.25) is 11.8 Å². The molecule has 2 rings (SSSR count). The van der Waals surface area contributed by atoms with Crippen LogP contribution >= 0.6 is 0 Å². The van der Waals surface area contributed by atoms with Crippen LogP contribution in [-0.2, 0) is 14.3 Å². The summed E-state index contributed by atoms with van der Waals surface area (Å²) in [5.41, 5.74) is 1.23. The second kappa shape index (κ2) is 8.80. The van der Waals surface area contributed by atoms with Crippen LogP contribution in [0.5, 0.6) is 0 Å². The van der Waals surface area contributed by atoms with E-state index in [1.54, 1.807) is 12.1 Å². The Bertz CT molecular complexity index is 574. The maximum absolute atomic E-state index is 12.4. The summed E-state index contributed by atoms with van der Waals surface area (Å²) in [6.45, 7) is 8.22. The van der Waals surface area contributed by atoms with Gasteiger partial charge in [-0.2, -0.15) is 0 Å². The van der Waals surface area contributed by atoms with E-state index in [2.05, 4.69) is 29.4 Å². The molecule has 0 bridgehead atoms. The van der Waals surface area contributed by atoms with E-state index >= 15 is 0 Å². The Morgan fingerprint density at radius 2 is 1.92 bits per heavy atom. The molecule has 0 spiro atoms. The summed E-state index contributed by atoms with van der Waals surface area (Å²) in [5.74, 6) is 0.313. The van der Waals surface area contributed by atoms with Crippen LogP contribution in [0.25, 0.3) is 0 Å². The van der Waals surface area contributed by atoms with Crippen LogP contribution in [-0.4, -0.2) is 49.1 Å². The van der Waals surface area contributed by atoms with E-state index in [0.717, 1.165) is 13.0 Å². The van der Waals surface area contributed by atoms with Gasteiger partial charge in [-0.3, -0.25) is 14.5 Å². The average molecular weight is 333 g/mol.